The molecule has 2 atom stereocenters. The molecule has 30 heavy (non-hydrogen) atoms. The molecule has 3 aliphatic rings. The number of hydrogen-bond acceptors (Lipinski definition) is 5. The fourth-order valence-corrected chi connectivity index (χ4v) is 4.70. The van der Waals surface area contributed by atoms with Gasteiger partial charge in [0.2, 0.25) is 5.84 Å². The van der Waals surface area contributed by atoms with E-state index in [1.807, 2.05) is 0 Å². The van der Waals surface area contributed by atoms with E-state index < -0.39 is 17.3 Å². The van der Waals surface area contributed by atoms with Crippen molar-refractivity contribution in [2.75, 3.05) is 6.54 Å². The number of amides is 1. The monoisotopic (exact) mass is 418 g/mol. The molecule has 9 heteroatoms. The molecule has 1 N–H and O–H groups in total. The van der Waals surface area contributed by atoms with Crippen LogP contribution in [0.4, 0.5) is 13.2 Å². The molecule has 0 aromatic heterocycles. The number of halogens is 3. The molecule has 4 rings (SSSR count). The van der Waals surface area contributed by atoms with Gasteiger partial charge >= 0.3 is 6.18 Å². The fourth-order valence-electron chi connectivity index (χ4n) is 4.70. The van der Waals surface area contributed by atoms with Gasteiger partial charge in [-0.3, -0.25) is 9.79 Å². The zero-order chi connectivity index (χ0) is 21.3. The number of hydrogen-bond donors (Lipinski definition) is 1. The minimum absolute atomic E-state index is 0.0556. The van der Waals surface area contributed by atoms with Crippen LogP contribution in [0, 0.1) is 23.2 Å². The Morgan fingerprint density at radius 3 is 2.53 bits per heavy atom. The number of carbonyl (C=O) groups is 1. The maximum Gasteiger partial charge on any atom is 0.417 e. The molecule has 158 valence electrons. The van der Waals surface area contributed by atoms with Crippen LogP contribution in [0.1, 0.15) is 43.2 Å². The molecule has 2 aliphatic carbocycles. The first-order chi connectivity index (χ1) is 14.3. The van der Waals surface area contributed by atoms with Gasteiger partial charge in [0.05, 0.1) is 23.3 Å². The molecule has 0 saturated heterocycles. The van der Waals surface area contributed by atoms with E-state index in [2.05, 4.69) is 15.3 Å². The summed E-state index contributed by atoms with van der Waals surface area (Å²) >= 11 is 0. The predicted octanol–water partition coefficient (Wildman–Crippen LogP) is 3.50. The third kappa shape index (κ3) is 4.32. The van der Waals surface area contributed by atoms with Crippen molar-refractivity contribution in [3.8, 4) is 11.8 Å². The molecule has 2 unspecified atom stereocenters. The van der Waals surface area contributed by atoms with Crippen LogP contribution in [0.5, 0.6) is 5.75 Å². The molecule has 0 bridgehead atoms. The normalized spacial score (nSPS) is 27.9. The maximum atomic E-state index is 13.1. The van der Waals surface area contributed by atoms with Crippen molar-refractivity contribution in [2.45, 2.75) is 50.4 Å². The van der Waals surface area contributed by atoms with Gasteiger partial charge in [-0.25, -0.2) is 4.99 Å². The van der Waals surface area contributed by atoms with Gasteiger partial charge in [-0.2, -0.15) is 18.4 Å². The summed E-state index contributed by atoms with van der Waals surface area (Å²) in [7, 11) is 0. The molecule has 1 aliphatic heterocycles. The van der Waals surface area contributed by atoms with Crippen molar-refractivity contribution in [3.05, 3.63) is 29.3 Å². The molecular formula is C21H21F3N4O2. The Hall–Kier alpha value is -2.89. The summed E-state index contributed by atoms with van der Waals surface area (Å²) < 4.78 is 45.2. The minimum atomic E-state index is -4.60. The average Bonchev–Trinajstić information content (AvgIpc) is 3.25. The van der Waals surface area contributed by atoms with Crippen LogP contribution in [0.2, 0.25) is 0 Å². The SMILES string of the molecule is N#Cc1ccc(OC2CC3CC(NC(=O)C4=NCCC=N4)CC3C2)cc1C(F)(F)F. The van der Waals surface area contributed by atoms with Crippen LogP contribution in [0.25, 0.3) is 0 Å². The first-order valence-corrected chi connectivity index (χ1v) is 9.99. The van der Waals surface area contributed by atoms with Gasteiger partial charge in [0.25, 0.3) is 5.91 Å². The summed E-state index contributed by atoms with van der Waals surface area (Å²) in [5.41, 5.74) is -1.39. The van der Waals surface area contributed by atoms with Crippen molar-refractivity contribution in [1.82, 2.24) is 5.32 Å². The van der Waals surface area contributed by atoms with Crippen LogP contribution in [-0.4, -0.2) is 36.6 Å². The van der Waals surface area contributed by atoms with E-state index in [0.717, 1.165) is 44.2 Å². The highest BCUT2D eigenvalue weighted by atomic mass is 19.4. The van der Waals surface area contributed by atoms with E-state index in [4.69, 9.17) is 10.00 Å². The van der Waals surface area contributed by atoms with Gasteiger partial charge < -0.3 is 10.1 Å². The van der Waals surface area contributed by atoms with Crippen LogP contribution in [-0.2, 0) is 11.0 Å². The van der Waals surface area contributed by atoms with Gasteiger partial charge in [0, 0.05) is 25.2 Å². The number of carbonyl (C=O) groups excluding carboxylic acids is 1. The lowest BCUT2D eigenvalue weighted by Gasteiger charge is -2.19. The third-order valence-corrected chi connectivity index (χ3v) is 5.96. The largest absolute Gasteiger partial charge is 0.490 e. The average molecular weight is 418 g/mol. The van der Waals surface area contributed by atoms with Crippen molar-refractivity contribution in [3.63, 3.8) is 0 Å². The van der Waals surface area contributed by atoms with Crippen molar-refractivity contribution in [2.24, 2.45) is 21.8 Å². The lowest BCUT2D eigenvalue weighted by molar-refractivity contribution is -0.138. The zero-order valence-corrected chi connectivity index (χ0v) is 16.2. The van der Waals surface area contributed by atoms with Gasteiger partial charge in [0.15, 0.2) is 0 Å². The van der Waals surface area contributed by atoms with Crippen molar-refractivity contribution < 1.29 is 22.7 Å². The number of alkyl halides is 3. The standard InChI is InChI=1S/C21H21F3N4O2/c22-21(23,24)18-10-16(3-2-12(18)11-25)30-17-8-13-6-15(7-14(13)9-17)28-20(29)19-26-4-1-5-27-19/h2-4,10,13-15,17H,1,5-9H2,(H,28,29). The molecule has 0 spiro atoms. The number of rotatable bonds is 4. The summed E-state index contributed by atoms with van der Waals surface area (Å²) in [6, 6.07) is 5.09. The zero-order valence-electron chi connectivity index (χ0n) is 16.2. The number of aliphatic imine (C=N–C) groups is 2. The van der Waals surface area contributed by atoms with Crippen LogP contribution >= 0.6 is 0 Å². The van der Waals surface area contributed by atoms with Gasteiger partial charge in [0.1, 0.15) is 5.75 Å². The number of fused-ring (bicyclic) bond motifs is 1. The molecule has 6 nitrogen and oxygen atoms in total. The Morgan fingerprint density at radius 2 is 1.93 bits per heavy atom. The van der Waals surface area contributed by atoms with Crippen LogP contribution < -0.4 is 10.1 Å². The second-order valence-electron chi connectivity index (χ2n) is 8.00. The number of nitrogens with zero attached hydrogens (tertiary/aromatic N) is 3. The predicted molar refractivity (Wildman–Crippen MR) is 103 cm³/mol. The first kappa shape index (κ1) is 20.4. The van der Waals surface area contributed by atoms with E-state index in [1.165, 1.54) is 6.07 Å². The van der Waals surface area contributed by atoms with E-state index in [0.29, 0.717) is 18.4 Å². The molecule has 1 aromatic carbocycles. The lowest BCUT2D eigenvalue weighted by atomic mass is 10.0. The summed E-state index contributed by atoms with van der Waals surface area (Å²) in [6.07, 6.45) is 0.765. The number of nitriles is 1. The maximum absolute atomic E-state index is 13.1. The van der Waals surface area contributed by atoms with Gasteiger partial charge in [-0.05, 0) is 55.7 Å². The molecule has 1 amide bonds. The number of benzene rings is 1. The highest BCUT2D eigenvalue weighted by Crippen LogP contribution is 2.45. The quantitative estimate of drug-likeness (QED) is 0.812. The summed E-state index contributed by atoms with van der Waals surface area (Å²) in [5.74, 6) is 0.821. The molecule has 2 saturated carbocycles. The van der Waals surface area contributed by atoms with E-state index in [-0.39, 0.29) is 29.6 Å². The summed E-state index contributed by atoms with van der Waals surface area (Å²) in [4.78, 5) is 20.4. The molecule has 1 aromatic rings. The summed E-state index contributed by atoms with van der Waals surface area (Å²) in [6.45, 7) is 0.576. The number of amidine groups is 1. The molecule has 0 radical (unpaired) electrons. The topological polar surface area (TPSA) is 86.8 Å². The molecular weight excluding hydrogens is 397 g/mol. The smallest absolute Gasteiger partial charge is 0.417 e. The highest BCUT2D eigenvalue weighted by Gasteiger charge is 2.43. The summed E-state index contributed by atoms with van der Waals surface area (Å²) in [5, 5.41) is 11.9. The van der Waals surface area contributed by atoms with Gasteiger partial charge in [-0.15, -0.1) is 0 Å². The Bertz CT molecular complexity index is 921. The van der Waals surface area contributed by atoms with Crippen molar-refractivity contribution in [1.29, 1.82) is 5.26 Å². The Morgan fingerprint density at radius 1 is 1.20 bits per heavy atom. The number of ether oxygens (including phenoxy) is 1. The first-order valence-electron chi connectivity index (χ1n) is 9.99. The fraction of sp³-hybridized carbons (Fsp3) is 0.524. The highest BCUT2D eigenvalue weighted by molar-refractivity contribution is 6.39. The van der Waals surface area contributed by atoms with E-state index >= 15 is 0 Å². The van der Waals surface area contributed by atoms with E-state index in [1.54, 1.807) is 12.3 Å². The second-order valence-corrected chi connectivity index (χ2v) is 8.00. The number of nitrogens with one attached hydrogen (secondary N) is 1. The van der Waals surface area contributed by atoms with Crippen LogP contribution in [0.15, 0.2) is 28.2 Å². The van der Waals surface area contributed by atoms with E-state index in [9.17, 15) is 18.0 Å². The Kier molecular flexibility index (Phi) is 5.50. The third-order valence-electron chi connectivity index (χ3n) is 5.96. The second kappa shape index (κ2) is 8.09. The molecule has 2 fully saturated rings. The van der Waals surface area contributed by atoms with Crippen LogP contribution in [0.3, 0.4) is 0 Å². The van der Waals surface area contributed by atoms with Crippen molar-refractivity contribution >= 4 is 18.0 Å². The molecule has 1 heterocycles. The Balaban J connectivity index is 1.33. The minimum Gasteiger partial charge on any atom is -0.490 e. The van der Waals surface area contributed by atoms with Gasteiger partial charge in [-0.1, -0.05) is 0 Å². The Labute approximate surface area is 171 Å². The lowest BCUT2D eigenvalue weighted by Crippen LogP contribution is -2.38.